The maximum Gasteiger partial charge on any atom is 0.223 e. The number of likely N-dealkylation sites (N-methyl/N-ethyl adjacent to an activating group) is 1. The first kappa shape index (κ1) is 17.9. The Morgan fingerprint density at radius 3 is 2.70 bits per heavy atom. The monoisotopic (exact) mass is 383 g/mol. The van der Waals surface area contributed by atoms with Crippen LogP contribution in [0.3, 0.4) is 0 Å². The molecule has 2 heterocycles. The van der Waals surface area contributed by atoms with Gasteiger partial charge in [0.1, 0.15) is 11.6 Å². The van der Waals surface area contributed by atoms with Crippen molar-refractivity contribution < 1.29 is 9.53 Å². The molecule has 0 saturated carbocycles. The van der Waals surface area contributed by atoms with Crippen molar-refractivity contribution in [2.75, 3.05) is 20.2 Å². The smallest absolute Gasteiger partial charge is 0.223 e. The average Bonchev–Trinajstić information content (AvgIpc) is 3.20. The Balaban J connectivity index is 1.49. The predicted octanol–water partition coefficient (Wildman–Crippen LogP) is 4.10. The Bertz CT molecular complexity index is 952. The number of fused-ring (bicyclic) bond motifs is 1. The standard InChI is InChI=1S/C21H22ClN3O2/c1-24-14-15(13-20(24)26)21-23-18-5-2-3-6-19(18)25(21)11-4-12-27-17-9-7-16(22)8-10-17/h2-3,5-10,15H,4,11-14H2,1H3. The largest absolute Gasteiger partial charge is 0.494 e. The van der Waals surface area contributed by atoms with Crippen molar-refractivity contribution in [3.63, 3.8) is 0 Å². The van der Waals surface area contributed by atoms with E-state index in [9.17, 15) is 4.79 Å². The molecule has 1 aliphatic heterocycles. The van der Waals surface area contributed by atoms with Crippen LogP contribution in [0.5, 0.6) is 5.75 Å². The number of aromatic nitrogens is 2. The zero-order valence-electron chi connectivity index (χ0n) is 15.3. The molecular formula is C21H22ClN3O2. The van der Waals surface area contributed by atoms with Gasteiger partial charge in [-0.05, 0) is 42.8 Å². The maximum atomic E-state index is 12.0. The fourth-order valence-corrected chi connectivity index (χ4v) is 3.75. The van der Waals surface area contributed by atoms with Crippen LogP contribution >= 0.6 is 11.6 Å². The zero-order valence-corrected chi connectivity index (χ0v) is 16.0. The summed E-state index contributed by atoms with van der Waals surface area (Å²) in [6, 6.07) is 15.5. The van der Waals surface area contributed by atoms with Crippen LogP contribution in [0.1, 0.15) is 24.6 Å². The molecule has 0 aliphatic carbocycles. The summed E-state index contributed by atoms with van der Waals surface area (Å²) in [6.45, 7) is 2.14. The van der Waals surface area contributed by atoms with Gasteiger partial charge in [-0.25, -0.2) is 4.98 Å². The van der Waals surface area contributed by atoms with Crippen LogP contribution in [0.2, 0.25) is 5.02 Å². The molecule has 0 spiro atoms. The van der Waals surface area contributed by atoms with E-state index >= 15 is 0 Å². The topological polar surface area (TPSA) is 47.4 Å². The van der Waals surface area contributed by atoms with Gasteiger partial charge in [-0.1, -0.05) is 23.7 Å². The van der Waals surface area contributed by atoms with Gasteiger partial charge < -0.3 is 14.2 Å². The number of aryl methyl sites for hydroxylation is 1. The van der Waals surface area contributed by atoms with E-state index in [1.807, 2.05) is 49.5 Å². The van der Waals surface area contributed by atoms with Gasteiger partial charge >= 0.3 is 0 Å². The van der Waals surface area contributed by atoms with Crippen LogP contribution in [0, 0.1) is 0 Å². The number of imidazole rings is 1. The SMILES string of the molecule is CN1CC(c2nc3ccccc3n2CCCOc2ccc(Cl)cc2)CC1=O. The summed E-state index contributed by atoms with van der Waals surface area (Å²) in [5, 5.41) is 0.702. The summed E-state index contributed by atoms with van der Waals surface area (Å²) in [4.78, 5) is 18.6. The Kier molecular flexibility index (Phi) is 5.03. The van der Waals surface area contributed by atoms with Gasteiger partial charge in [0.15, 0.2) is 0 Å². The summed E-state index contributed by atoms with van der Waals surface area (Å²) in [5.41, 5.74) is 2.09. The highest BCUT2D eigenvalue weighted by atomic mass is 35.5. The van der Waals surface area contributed by atoms with Crippen LogP contribution < -0.4 is 4.74 Å². The lowest BCUT2D eigenvalue weighted by atomic mass is 10.1. The van der Waals surface area contributed by atoms with E-state index < -0.39 is 0 Å². The second kappa shape index (κ2) is 7.61. The molecule has 1 unspecified atom stereocenters. The highest BCUT2D eigenvalue weighted by Gasteiger charge is 2.31. The van der Waals surface area contributed by atoms with E-state index in [-0.39, 0.29) is 11.8 Å². The minimum atomic E-state index is 0.145. The quantitative estimate of drug-likeness (QED) is 0.602. The lowest BCUT2D eigenvalue weighted by molar-refractivity contribution is -0.126. The van der Waals surface area contributed by atoms with Gasteiger partial charge in [-0.2, -0.15) is 0 Å². The van der Waals surface area contributed by atoms with E-state index in [4.69, 9.17) is 21.3 Å². The molecule has 140 valence electrons. The molecule has 1 saturated heterocycles. The van der Waals surface area contributed by atoms with Crippen molar-refractivity contribution >= 4 is 28.5 Å². The molecule has 0 bridgehead atoms. The molecule has 3 aromatic rings. The average molecular weight is 384 g/mol. The van der Waals surface area contributed by atoms with Crippen molar-refractivity contribution in [2.24, 2.45) is 0 Å². The summed E-state index contributed by atoms with van der Waals surface area (Å²) >= 11 is 5.90. The number of likely N-dealkylation sites (tertiary alicyclic amines) is 1. The number of hydrogen-bond donors (Lipinski definition) is 0. The maximum absolute atomic E-state index is 12.0. The van der Waals surface area contributed by atoms with Gasteiger partial charge in [-0.15, -0.1) is 0 Å². The molecule has 5 nitrogen and oxygen atoms in total. The summed E-state index contributed by atoms with van der Waals surface area (Å²) in [6.07, 6.45) is 1.38. The van der Waals surface area contributed by atoms with Crippen molar-refractivity contribution in [1.29, 1.82) is 0 Å². The highest BCUT2D eigenvalue weighted by molar-refractivity contribution is 6.30. The lowest BCUT2D eigenvalue weighted by Crippen LogP contribution is -2.19. The molecule has 2 aromatic carbocycles. The molecule has 1 atom stereocenters. The van der Waals surface area contributed by atoms with Crippen molar-refractivity contribution in [3.8, 4) is 5.75 Å². The second-order valence-corrected chi connectivity index (χ2v) is 7.38. The molecule has 0 N–H and O–H groups in total. The molecule has 27 heavy (non-hydrogen) atoms. The molecule has 1 aliphatic rings. The number of rotatable bonds is 6. The van der Waals surface area contributed by atoms with Gasteiger partial charge in [0.25, 0.3) is 0 Å². The highest BCUT2D eigenvalue weighted by Crippen LogP contribution is 2.29. The van der Waals surface area contributed by atoms with E-state index in [1.54, 1.807) is 4.90 Å². The fourth-order valence-electron chi connectivity index (χ4n) is 3.62. The summed E-state index contributed by atoms with van der Waals surface area (Å²) in [5.74, 6) is 2.15. The van der Waals surface area contributed by atoms with Gasteiger partial charge in [-0.3, -0.25) is 4.79 Å². The Hall–Kier alpha value is -2.53. The number of benzene rings is 2. The summed E-state index contributed by atoms with van der Waals surface area (Å²) < 4.78 is 8.06. The number of para-hydroxylation sites is 2. The number of ether oxygens (including phenoxy) is 1. The van der Waals surface area contributed by atoms with Crippen LogP contribution in [0.25, 0.3) is 11.0 Å². The third-order valence-corrected chi connectivity index (χ3v) is 5.25. The minimum absolute atomic E-state index is 0.145. The number of hydrogen-bond acceptors (Lipinski definition) is 3. The van der Waals surface area contributed by atoms with Gasteiger partial charge in [0.05, 0.1) is 17.6 Å². The molecule has 4 rings (SSSR count). The van der Waals surface area contributed by atoms with E-state index in [2.05, 4.69) is 10.6 Å². The third-order valence-electron chi connectivity index (χ3n) is 5.00. The molecular weight excluding hydrogens is 362 g/mol. The normalized spacial score (nSPS) is 17.0. The van der Waals surface area contributed by atoms with Crippen molar-refractivity contribution in [2.45, 2.75) is 25.3 Å². The minimum Gasteiger partial charge on any atom is -0.494 e. The second-order valence-electron chi connectivity index (χ2n) is 6.94. The number of carbonyl (C=O) groups excluding carboxylic acids is 1. The molecule has 1 aromatic heterocycles. The first-order chi connectivity index (χ1) is 13.1. The van der Waals surface area contributed by atoms with E-state index in [1.165, 1.54) is 0 Å². The molecule has 0 radical (unpaired) electrons. The first-order valence-electron chi connectivity index (χ1n) is 9.19. The van der Waals surface area contributed by atoms with Crippen LogP contribution in [-0.2, 0) is 11.3 Å². The molecule has 6 heteroatoms. The van der Waals surface area contributed by atoms with Gasteiger partial charge in [0, 0.05) is 37.5 Å². The predicted molar refractivity (Wildman–Crippen MR) is 106 cm³/mol. The van der Waals surface area contributed by atoms with Crippen molar-refractivity contribution in [3.05, 3.63) is 59.4 Å². The Labute approximate surface area is 163 Å². The lowest BCUT2D eigenvalue weighted by Gasteiger charge is -2.14. The van der Waals surface area contributed by atoms with Crippen LogP contribution in [0.4, 0.5) is 0 Å². The number of nitrogens with zero attached hydrogens (tertiary/aromatic N) is 3. The van der Waals surface area contributed by atoms with Gasteiger partial charge in [0.2, 0.25) is 5.91 Å². The Morgan fingerprint density at radius 2 is 1.96 bits per heavy atom. The number of amides is 1. The van der Waals surface area contributed by atoms with Crippen molar-refractivity contribution in [1.82, 2.24) is 14.5 Å². The summed E-state index contributed by atoms with van der Waals surface area (Å²) in [7, 11) is 1.86. The van der Waals surface area contributed by atoms with Crippen LogP contribution in [0.15, 0.2) is 48.5 Å². The zero-order chi connectivity index (χ0) is 18.8. The first-order valence-corrected chi connectivity index (χ1v) is 9.57. The number of carbonyl (C=O) groups is 1. The fraction of sp³-hybridized carbons (Fsp3) is 0.333. The third kappa shape index (κ3) is 3.78. The Morgan fingerprint density at radius 1 is 1.19 bits per heavy atom. The number of halogens is 1. The van der Waals surface area contributed by atoms with E-state index in [0.717, 1.165) is 42.1 Å². The molecule has 1 amide bonds. The molecule has 1 fully saturated rings. The van der Waals surface area contributed by atoms with Crippen LogP contribution in [-0.4, -0.2) is 40.6 Å². The van der Waals surface area contributed by atoms with E-state index in [0.29, 0.717) is 18.1 Å².